The SMILES string of the molecule is CCNS(=O)(=O)c1ccc2c(c1)N(C(=O)CCC1CCNCC1)CC2.Cl. The molecule has 1 amide bonds. The van der Waals surface area contributed by atoms with Crippen molar-refractivity contribution in [2.75, 3.05) is 31.1 Å². The predicted molar refractivity (Wildman–Crippen MR) is 105 cm³/mol. The Morgan fingerprint density at radius 2 is 2.04 bits per heavy atom. The van der Waals surface area contributed by atoms with Gasteiger partial charge in [-0.1, -0.05) is 13.0 Å². The van der Waals surface area contributed by atoms with E-state index in [1.807, 2.05) is 6.07 Å². The summed E-state index contributed by atoms with van der Waals surface area (Å²) in [4.78, 5) is 14.7. The fourth-order valence-electron chi connectivity index (χ4n) is 3.69. The molecule has 0 aliphatic carbocycles. The number of amides is 1. The van der Waals surface area contributed by atoms with Crippen LogP contribution >= 0.6 is 12.4 Å². The van der Waals surface area contributed by atoms with Gasteiger partial charge in [0.1, 0.15) is 0 Å². The molecule has 0 radical (unpaired) electrons. The van der Waals surface area contributed by atoms with Crippen LogP contribution in [0.5, 0.6) is 0 Å². The largest absolute Gasteiger partial charge is 0.317 e. The van der Waals surface area contributed by atoms with Crippen LogP contribution in [0.1, 0.15) is 38.2 Å². The lowest BCUT2D eigenvalue weighted by atomic mass is 9.93. The molecule has 0 saturated carbocycles. The Morgan fingerprint density at radius 3 is 2.73 bits per heavy atom. The first kappa shape index (κ1) is 21.2. The molecule has 146 valence electrons. The first-order chi connectivity index (χ1) is 12.0. The van der Waals surface area contributed by atoms with E-state index in [0.717, 1.165) is 50.0 Å². The fourth-order valence-corrected chi connectivity index (χ4v) is 4.75. The summed E-state index contributed by atoms with van der Waals surface area (Å²) in [5.74, 6) is 0.725. The molecule has 8 heteroatoms. The Hall–Kier alpha value is -1.15. The second-order valence-corrected chi connectivity index (χ2v) is 8.59. The Labute approximate surface area is 162 Å². The fraction of sp³-hybridized carbons (Fsp3) is 0.611. The van der Waals surface area contributed by atoms with Gasteiger partial charge in [-0.3, -0.25) is 4.79 Å². The number of nitrogens with zero attached hydrogens (tertiary/aromatic N) is 1. The average Bonchev–Trinajstić information content (AvgIpc) is 3.04. The Morgan fingerprint density at radius 1 is 1.31 bits per heavy atom. The Balaban J connectivity index is 0.00000243. The summed E-state index contributed by atoms with van der Waals surface area (Å²) in [5, 5.41) is 3.34. The molecule has 2 N–H and O–H groups in total. The highest BCUT2D eigenvalue weighted by molar-refractivity contribution is 7.89. The van der Waals surface area contributed by atoms with Crippen LogP contribution in [0.25, 0.3) is 0 Å². The number of benzene rings is 1. The molecule has 0 aromatic heterocycles. The van der Waals surface area contributed by atoms with Crippen LogP contribution in [-0.4, -0.2) is 40.5 Å². The summed E-state index contributed by atoms with van der Waals surface area (Å²) in [7, 11) is -3.51. The molecule has 0 unspecified atom stereocenters. The number of hydrogen-bond donors (Lipinski definition) is 2. The molecule has 2 aliphatic heterocycles. The van der Waals surface area contributed by atoms with Crippen molar-refractivity contribution < 1.29 is 13.2 Å². The van der Waals surface area contributed by atoms with Crippen LogP contribution in [-0.2, 0) is 21.2 Å². The maximum atomic E-state index is 12.7. The summed E-state index contributed by atoms with van der Waals surface area (Å²) in [6, 6.07) is 5.10. The van der Waals surface area contributed by atoms with Gasteiger partial charge in [0.05, 0.1) is 4.90 Å². The topological polar surface area (TPSA) is 78.5 Å². The van der Waals surface area contributed by atoms with Gasteiger partial charge in [-0.25, -0.2) is 13.1 Å². The van der Waals surface area contributed by atoms with Gasteiger partial charge < -0.3 is 10.2 Å². The molecule has 0 bridgehead atoms. The highest BCUT2D eigenvalue weighted by Crippen LogP contribution is 2.31. The molecular formula is C18H28ClN3O3S. The number of hydrogen-bond acceptors (Lipinski definition) is 4. The van der Waals surface area contributed by atoms with Gasteiger partial charge in [0.15, 0.2) is 0 Å². The first-order valence-corrected chi connectivity index (χ1v) is 10.6. The summed E-state index contributed by atoms with van der Waals surface area (Å²) >= 11 is 0. The highest BCUT2D eigenvalue weighted by Gasteiger charge is 2.27. The summed E-state index contributed by atoms with van der Waals surface area (Å²) in [5.41, 5.74) is 1.81. The van der Waals surface area contributed by atoms with Crippen molar-refractivity contribution >= 4 is 34.0 Å². The van der Waals surface area contributed by atoms with Crippen LogP contribution in [0.4, 0.5) is 5.69 Å². The van der Waals surface area contributed by atoms with E-state index in [4.69, 9.17) is 0 Å². The third-order valence-electron chi connectivity index (χ3n) is 5.12. The van der Waals surface area contributed by atoms with E-state index in [9.17, 15) is 13.2 Å². The zero-order valence-corrected chi connectivity index (χ0v) is 16.8. The van der Waals surface area contributed by atoms with Crippen molar-refractivity contribution in [3.8, 4) is 0 Å². The van der Waals surface area contributed by atoms with Crippen LogP contribution in [0, 0.1) is 5.92 Å². The summed E-state index contributed by atoms with van der Waals surface area (Å²) < 4.78 is 26.9. The molecule has 1 fully saturated rings. The van der Waals surface area contributed by atoms with E-state index >= 15 is 0 Å². The van der Waals surface area contributed by atoms with E-state index in [1.165, 1.54) is 0 Å². The lowest BCUT2D eigenvalue weighted by molar-refractivity contribution is -0.118. The molecule has 1 aromatic rings. The zero-order chi connectivity index (χ0) is 17.9. The third-order valence-corrected chi connectivity index (χ3v) is 6.67. The Kier molecular flexibility index (Phi) is 7.46. The normalized spacial score (nSPS) is 17.7. The van der Waals surface area contributed by atoms with Crippen LogP contribution < -0.4 is 14.9 Å². The standard InChI is InChI=1S/C18H27N3O3S.ClH/c1-2-20-25(23,24)16-5-4-15-9-12-21(17(15)13-16)18(22)6-3-14-7-10-19-11-8-14;/h4-5,13-14,19-20H,2-3,6-12H2,1H3;1H. The minimum Gasteiger partial charge on any atom is -0.317 e. The highest BCUT2D eigenvalue weighted by atomic mass is 35.5. The molecule has 6 nitrogen and oxygen atoms in total. The maximum absolute atomic E-state index is 12.7. The second kappa shape index (κ2) is 9.17. The minimum atomic E-state index is -3.51. The number of anilines is 1. The molecule has 3 rings (SSSR count). The molecule has 0 spiro atoms. The minimum absolute atomic E-state index is 0. The molecule has 1 saturated heterocycles. The van der Waals surface area contributed by atoms with Gasteiger partial charge in [0.25, 0.3) is 0 Å². The molecule has 2 aliphatic rings. The smallest absolute Gasteiger partial charge is 0.240 e. The van der Waals surface area contributed by atoms with E-state index in [-0.39, 0.29) is 23.2 Å². The monoisotopic (exact) mass is 401 g/mol. The number of nitrogens with one attached hydrogen (secondary N) is 2. The number of sulfonamides is 1. The lowest BCUT2D eigenvalue weighted by Crippen LogP contribution is -2.31. The van der Waals surface area contributed by atoms with Crippen molar-refractivity contribution in [3.05, 3.63) is 23.8 Å². The van der Waals surface area contributed by atoms with Crippen LogP contribution in [0.2, 0.25) is 0 Å². The zero-order valence-electron chi connectivity index (χ0n) is 15.2. The molecule has 2 heterocycles. The van der Waals surface area contributed by atoms with Gasteiger partial charge in [0.2, 0.25) is 15.9 Å². The third kappa shape index (κ3) is 4.76. The predicted octanol–water partition coefficient (Wildman–Crippen LogP) is 2.08. The van der Waals surface area contributed by atoms with E-state index in [1.54, 1.807) is 24.0 Å². The van der Waals surface area contributed by atoms with Gasteiger partial charge in [-0.05, 0) is 62.4 Å². The van der Waals surface area contributed by atoms with Crippen LogP contribution in [0.15, 0.2) is 23.1 Å². The molecule has 1 aromatic carbocycles. The second-order valence-electron chi connectivity index (χ2n) is 6.82. The number of carbonyl (C=O) groups is 1. The maximum Gasteiger partial charge on any atom is 0.240 e. The molecule has 26 heavy (non-hydrogen) atoms. The van der Waals surface area contributed by atoms with Gasteiger partial charge in [-0.15, -0.1) is 12.4 Å². The lowest BCUT2D eigenvalue weighted by Gasteiger charge is -2.24. The summed E-state index contributed by atoms with van der Waals surface area (Å²) in [6.45, 7) is 4.82. The van der Waals surface area contributed by atoms with Gasteiger partial charge in [0, 0.05) is 25.2 Å². The number of halogens is 1. The van der Waals surface area contributed by atoms with E-state index in [2.05, 4.69) is 10.0 Å². The van der Waals surface area contributed by atoms with E-state index < -0.39 is 10.0 Å². The van der Waals surface area contributed by atoms with Gasteiger partial charge in [-0.2, -0.15) is 0 Å². The molecular weight excluding hydrogens is 374 g/mol. The first-order valence-electron chi connectivity index (χ1n) is 9.15. The van der Waals surface area contributed by atoms with Crippen LogP contribution in [0.3, 0.4) is 0 Å². The number of carbonyl (C=O) groups excluding carboxylic acids is 1. The van der Waals surface area contributed by atoms with Crippen molar-refractivity contribution in [3.63, 3.8) is 0 Å². The van der Waals surface area contributed by atoms with Gasteiger partial charge >= 0.3 is 0 Å². The van der Waals surface area contributed by atoms with Crippen molar-refractivity contribution in [2.45, 2.75) is 43.9 Å². The number of fused-ring (bicyclic) bond motifs is 1. The quantitative estimate of drug-likeness (QED) is 0.764. The Bertz CT molecular complexity index is 733. The van der Waals surface area contributed by atoms with Crippen molar-refractivity contribution in [1.82, 2.24) is 10.0 Å². The number of piperidine rings is 1. The molecule has 0 atom stereocenters. The van der Waals surface area contributed by atoms with Crippen molar-refractivity contribution in [2.24, 2.45) is 5.92 Å². The number of rotatable bonds is 6. The van der Waals surface area contributed by atoms with E-state index in [0.29, 0.717) is 25.4 Å². The van der Waals surface area contributed by atoms with Crippen molar-refractivity contribution in [1.29, 1.82) is 0 Å². The average molecular weight is 402 g/mol. The summed E-state index contributed by atoms with van der Waals surface area (Å²) in [6.07, 6.45) is 4.51.